The molecule has 14 heteroatoms. The van der Waals surface area contributed by atoms with Crippen LogP contribution in [0.25, 0.3) is 0 Å². The molecule has 2 saturated heterocycles. The van der Waals surface area contributed by atoms with E-state index in [1.54, 1.807) is 20.8 Å². The lowest BCUT2D eigenvalue weighted by Gasteiger charge is -2.40. The number of nitrogens with one attached hydrogen (secondary N) is 1. The van der Waals surface area contributed by atoms with E-state index in [2.05, 4.69) is 5.32 Å². The van der Waals surface area contributed by atoms with Gasteiger partial charge < -0.3 is 43.2 Å². The molecular formula is C23H37NO13. The van der Waals surface area contributed by atoms with E-state index < -0.39 is 66.3 Å². The van der Waals surface area contributed by atoms with Gasteiger partial charge in [-0.25, -0.2) is 4.79 Å². The first kappa shape index (κ1) is 30.7. The Morgan fingerprint density at radius 3 is 2.14 bits per heavy atom. The maximum absolute atomic E-state index is 11.8. The van der Waals surface area contributed by atoms with Gasteiger partial charge in [0.2, 0.25) is 0 Å². The van der Waals surface area contributed by atoms with E-state index in [1.165, 1.54) is 27.7 Å². The van der Waals surface area contributed by atoms with Crippen LogP contribution in [0, 0.1) is 0 Å². The van der Waals surface area contributed by atoms with Crippen molar-refractivity contribution in [2.45, 2.75) is 90.7 Å². The molecule has 0 aromatic heterocycles. The molecule has 1 N–H and O–H groups in total. The predicted octanol–water partition coefficient (Wildman–Crippen LogP) is 0.785. The molecule has 37 heavy (non-hydrogen) atoms. The zero-order valence-electron chi connectivity index (χ0n) is 22.2. The van der Waals surface area contributed by atoms with Crippen molar-refractivity contribution in [2.75, 3.05) is 33.0 Å². The molecule has 0 saturated carbocycles. The van der Waals surface area contributed by atoms with E-state index in [0.29, 0.717) is 0 Å². The Labute approximate surface area is 215 Å². The maximum Gasteiger partial charge on any atom is 0.407 e. The Morgan fingerprint density at radius 2 is 1.54 bits per heavy atom. The molecule has 0 aliphatic carbocycles. The molecular weight excluding hydrogens is 498 g/mol. The van der Waals surface area contributed by atoms with Crippen LogP contribution in [0.15, 0.2) is 0 Å². The summed E-state index contributed by atoms with van der Waals surface area (Å²) in [5, 5.41) is 2.57. The van der Waals surface area contributed by atoms with Crippen molar-refractivity contribution < 1.29 is 61.8 Å². The fourth-order valence-electron chi connectivity index (χ4n) is 3.57. The molecule has 0 bridgehead atoms. The first-order chi connectivity index (χ1) is 17.2. The van der Waals surface area contributed by atoms with Crippen LogP contribution < -0.4 is 5.32 Å². The molecule has 0 unspecified atom stereocenters. The fourth-order valence-corrected chi connectivity index (χ4v) is 3.57. The number of amides is 1. The second-order valence-electron chi connectivity index (χ2n) is 9.45. The van der Waals surface area contributed by atoms with Crippen LogP contribution in [0.1, 0.15) is 48.5 Å². The van der Waals surface area contributed by atoms with Crippen molar-refractivity contribution in [1.82, 2.24) is 5.32 Å². The van der Waals surface area contributed by atoms with E-state index in [-0.39, 0.29) is 33.0 Å². The summed E-state index contributed by atoms with van der Waals surface area (Å²) in [5.41, 5.74) is -0.594. The SMILES string of the molecule is CC(=O)OC[C@H]1O[C@@H]2O[C@@](C)(OCCOCCNC(=O)OC(C)(C)C)O[C@@H]2[C@@H](OC(C)=O)[C@@H]1OC(C)=O. The summed E-state index contributed by atoms with van der Waals surface area (Å²) in [4.78, 5) is 46.5. The first-order valence-corrected chi connectivity index (χ1v) is 11.9. The number of hydrogen-bond acceptors (Lipinski definition) is 13. The number of ether oxygens (including phenoxy) is 9. The Morgan fingerprint density at radius 1 is 0.892 bits per heavy atom. The summed E-state index contributed by atoms with van der Waals surface area (Å²) < 4.78 is 49.5. The van der Waals surface area contributed by atoms with Gasteiger partial charge in [-0.05, 0) is 20.8 Å². The monoisotopic (exact) mass is 535 g/mol. The number of carbonyl (C=O) groups is 4. The highest BCUT2D eigenvalue weighted by molar-refractivity contribution is 5.68. The maximum atomic E-state index is 11.8. The van der Waals surface area contributed by atoms with Gasteiger partial charge in [0, 0.05) is 34.2 Å². The van der Waals surface area contributed by atoms with Crippen molar-refractivity contribution in [2.24, 2.45) is 0 Å². The normalized spacial score (nSPS) is 29.1. The van der Waals surface area contributed by atoms with Gasteiger partial charge in [-0.15, -0.1) is 0 Å². The fraction of sp³-hybridized carbons (Fsp3) is 0.826. The molecule has 0 spiro atoms. The summed E-state index contributed by atoms with van der Waals surface area (Å²) >= 11 is 0. The van der Waals surface area contributed by atoms with E-state index in [4.69, 9.17) is 42.6 Å². The standard InChI is InChI=1S/C23H37NO13/c1-13(25)30-12-16-17(32-14(2)26)18(33-15(3)27)19-20(34-16)36-23(7,35-19)31-11-10-29-9-8-24-21(28)37-22(4,5)6/h16-20H,8-12H2,1-7H3,(H,24,28)/t16-,17-,18+,19-,20-,23+/m1/s1. The zero-order valence-corrected chi connectivity index (χ0v) is 22.2. The molecule has 1 amide bonds. The van der Waals surface area contributed by atoms with Crippen molar-refractivity contribution in [3.8, 4) is 0 Å². The van der Waals surface area contributed by atoms with Gasteiger partial charge in [0.05, 0.1) is 19.8 Å². The largest absolute Gasteiger partial charge is 0.463 e. The Kier molecular flexibility index (Phi) is 11.1. The van der Waals surface area contributed by atoms with Gasteiger partial charge in [0.25, 0.3) is 5.97 Å². The van der Waals surface area contributed by atoms with Crippen LogP contribution in [-0.4, -0.2) is 99.3 Å². The molecule has 2 rings (SSSR count). The average molecular weight is 536 g/mol. The lowest BCUT2D eigenvalue weighted by Crippen LogP contribution is -2.60. The molecule has 2 heterocycles. The second-order valence-corrected chi connectivity index (χ2v) is 9.45. The Hall–Kier alpha value is -2.52. The summed E-state index contributed by atoms with van der Waals surface area (Å²) in [6, 6.07) is 0. The van der Waals surface area contributed by atoms with Crippen LogP contribution in [0.4, 0.5) is 4.79 Å². The zero-order chi connectivity index (χ0) is 27.8. The minimum Gasteiger partial charge on any atom is -0.463 e. The van der Waals surface area contributed by atoms with Crippen LogP contribution >= 0.6 is 0 Å². The predicted molar refractivity (Wildman–Crippen MR) is 122 cm³/mol. The van der Waals surface area contributed by atoms with Crippen LogP contribution in [0.3, 0.4) is 0 Å². The Bertz CT molecular complexity index is 813. The molecule has 212 valence electrons. The summed E-state index contributed by atoms with van der Waals surface area (Å²) in [7, 11) is 0. The van der Waals surface area contributed by atoms with Gasteiger partial charge in [0.1, 0.15) is 18.3 Å². The number of alkyl carbamates (subject to hydrolysis) is 1. The molecule has 2 aliphatic rings. The Balaban J connectivity index is 1.91. The van der Waals surface area contributed by atoms with E-state index in [9.17, 15) is 19.2 Å². The summed E-state index contributed by atoms with van der Waals surface area (Å²) in [6.07, 6.45) is -5.89. The van der Waals surface area contributed by atoms with E-state index in [1.807, 2.05) is 0 Å². The molecule has 0 aromatic rings. The van der Waals surface area contributed by atoms with Crippen molar-refractivity contribution >= 4 is 24.0 Å². The van der Waals surface area contributed by atoms with Crippen LogP contribution in [0.5, 0.6) is 0 Å². The molecule has 0 radical (unpaired) electrons. The minimum atomic E-state index is -1.61. The van der Waals surface area contributed by atoms with Gasteiger partial charge in [-0.2, -0.15) is 0 Å². The van der Waals surface area contributed by atoms with Crippen molar-refractivity contribution in [3.05, 3.63) is 0 Å². The van der Waals surface area contributed by atoms with Crippen LogP contribution in [0.2, 0.25) is 0 Å². The molecule has 2 aliphatic heterocycles. The number of hydrogen-bond donors (Lipinski definition) is 1. The van der Waals surface area contributed by atoms with Crippen molar-refractivity contribution in [3.63, 3.8) is 0 Å². The molecule has 0 aromatic carbocycles. The molecule has 6 atom stereocenters. The summed E-state index contributed by atoms with van der Waals surface area (Å²) in [5.74, 6) is -3.49. The van der Waals surface area contributed by atoms with E-state index >= 15 is 0 Å². The average Bonchev–Trinajstić information content (AvgIpc) is 3.07. The number of fused-ring (bicyclic) bond motifs is 1. The minimum absolute atomic E-state index is 0.0465. The highest BCUT2D eigenvalue weighted by Gasteiger charge is 2.59. The quantitative estimate of drug-likeness (QED) is 0.224. The highest BCUT2D eigenvalue weighted by atomic mass is 16.9. The number of carbonyl (C=O) groups excluding carboxylic acids is 4. The van der Waals surface area contributed by atoms with Crippen LogP contribution in [-0.2, 0) is 57.0 Å². The van der Waals surface area contributed by atoms with Crippen molar-refractivity contribution in [1.29, 1.82) is 0 Å². The lowest BCUT2D eigenvalue weighted by molar-refractivity contribution is -0.346. The third-order valence-corrected chi connectivity index (χ3v) is 4.83. The van der Waals surface area contributed by atoms with E-state index in [0.717, 1.165) is 0 Å². The molecule has 2 fully saturated rings. The first-order valence-electron chi connectivity index (χ1n) is 11.9. The van der Waals surface area contributed by atoms with Gasteiger partial charge in [0.15, 0.2) is 24.6 Å². The highest BCUT2D eigenvalue weighted by Crippen LogP contribution is 2.39. The third kappa shape index (κ3) is 10.4. The van der Waals surface area contributed by atoms with Gasteiger partial charge >= 0.3 is 24.0 Å². The number of esters is 3. The lowest BCUT2D eigenvalue weighted by atomic mass is 9.98. The van der Waals surface area contributed by atoms with Gasteiger partial charge in [-0.1, -0.05) is 0 Å². The number of rotatable bonds is 11. The topological polar surface area (TPSA) is 163 Å². The second kappa shape index (κ2) is 13.3. The van der Waals surface area contributed by atoms with Gasteiger partial charge in [-0.3, -0.25) is 19.1 Å². The summed E-state index contributed by atoms with van der Waals surface area (Å²) in [6.45, 7) is 10.7. The third-order valence-electron chi connectivity index (χ3n) is 4.83. The smallest absolute Gasteiger partial charge is 0.407 e. The molecule has 14 nitrogen and oxygen atoms in total.